The number of rotatable bonds is 0. The molecule has 2 nitrogen and oxygen atoms in total. The van der Waals surface area contributed by atoms with E-state index >= 15 is 0 Å². The minimum atomic E-state index is -0.283. The summed E-state index contributed by atoms with van der Waals surface area (Å²) in [6.45, 7) is 3.58. The molecule has 2 rings (SSSR count). The third-order valence-corrected chi connectivity index (χ3v) is 2.35. The van der Waals surface area contributed by atoms with Gasteiger partial charge in [-0.1, -0.05) is 12.1 Å². The number of anilines is 1. The van der Waals surface area contributed by atoms with Gasteiger partial charge in [0.2, 0.25) is 0 Å². The van der Waals surface area contributed by atoms with Crippen molar-refractivity contribution in [3.05, 3.63) is 35.1 Å². The van der Waals surface area contributed by atoms with Crippen LogP contribution >= 0.6 is 0 Å². The Bertz CT molecular complexity index is 506. The van der Waals surface area contributed by atoms with Crippen molar-refractivity contribution in [2.45, 2.75) is 13.8 Å². The predicted molar refractivity (Wildman–Crippen MR) is 55.6 cm³/mol. The summed E-state index contributed by atoms with van der Waals surface area (Å²) in [5, 5.41) is 0.791. The third-order valence-electron chi connectivity index (χ3n) is 2.35. The molecule has 3 heteroatoms. The van der Waals surface area contributed by atoms with E-state index in [1.807, 2.05) is 19.1 Å². The lowest BCUT2D eigenvalue weighted by Gasteiger charge is -2.05. The summed E-state index contributed by atoms with van der Waals surface area (Å²) < 4.78 is 13.6. The smallest absolute Gasteiger partial charge is 0.152 e. The molecular weight excluding hydrogens is 179 g/mol. The van der Waals surface area contributed by atoms with Gasteiger partial charge >= 0.3 is 0 Å². The molecule has 0 aliphatic carbocycles. The van der Waals surface area contributed by atoms with E-state index in [-0.39, 0.29) is 5.82 Å². The van der Waals surface area contributed by atoms with Gasteiger partial charge < -0.3 is 5.73 Å². The van der Waals surface area contributed by atoms with Gasteiger partial charge in [0.1, 0.15) is 11.3 Å². The topological polar surface area (TPSA) is 38.9 Å². The first-order valence-corrected chi connectivity index (χ1v) is 4.41. The maximum Gasteiger partial charge on any atom is 0.152 e. The summed E-state index contributed by atoms with van der Waals surface area (Å²) in [5.74, 6) is 0.108. The molecule has 0 spiro atoms. The number of halogens is 1. The van der Waals surface area contributed by atoms with Crippen LogP contribution < -0.4 is 5.73 Å². The third kappa shape index (κ3) is 1.21. The molecule has 0 aliphatic rings. The second kappa shape index (κ2) is 2.94. The molecule has 0 amide bonds. The van der Waals surface area contributed by atoms with Crippen molar-refractivity contribution in [3.8, 4) is 0 Å². The summed E-state index contributed by atoms with van der Waals surface area (Å²) in [7, 11) is 0. The van der Waals surface area contributed by atoms with Crippen molar-refractivity contribution >= 4 is 16.7 Å². The van der Waals surface area contributed by atoms with Crippen LogP contribution in [0.1, 0.15) is 11.1 Å². The minimum absolute atomic E-state index is 0.283. The Balaban J connectivity index is 2.89. The highest BCUT2D eigenvalue weighted by atomic mass is 19.1. The van der Waals surface area contributed by atoms with E-state index in [0.29, 0.717) is 16.9 Å². The predicted octanol–water partition coefficient (Wildman–Crippen LogP) is 2.57. The number of benzene rings is 1. The van der Waals surface area contributed by atoms with Gasteiger partial charge in [0.25, 0.3) is 0 Å². The Labute approximate surface area is 81.6 Å². The minimum Gasteiger partial charge on any atom is -0.383 e. The molecule has 1 aromatic carbocycles. The first-order chi connectivity index (χ1) is 6.59. The number of nitrogen functional groups attached to an aromatic ring is 1. The van der Waals surface area contributed by atoms with Gasteiger partial charge in [-0.3, -0.25) is 0 Å². The number of nitrogens with zero attached hydrogens (tertiary/aromatic N) is 1. The first-order valence-electron chi connectivity index (χ1n) is 4.41. The molecule has 0 bridgehead atoms. The average molecular weight is 190 g/mol. The standard InChI is InChI=1S/C11H11FN2/c1-6-3-4-8-5-7(2)11(13)14-10(8)9(6)12/h3-5H,1-2H3,(H2,13,14). The van der Waals surface area contributed by atoms with Gasteiger partial charge in [-0.15, -0.1) is 0 Å². The SMILES string of the molecule is Cc1cc2ccc(C)c(F)c2nc1N. The van der Waals surface area contributed by atoms with Gasteiger partial charge in [0.05, 0.1) is 0 Å². The molecule has 0 aliphatic heterocycles. The summed E-state index contributed by atoms with van der Waals surface area (Å²) in [6, 6.07) is 5.45. The lowest BCUT2D eigenvalue weighted by Crippen LogP contribution is -1.96. The van der Waals surface area contributed by atoms with Gasteiger partial charge in [-0.25, -0.2) is 9.37 Å². The largest absolute Gasteiger partial charge is 0.383 e. The normalized spacial score (nSPS) is 10.8. The number of aryl methyl sites for hydroxylation is 2. The second-order valence-electron chi connectivity index (χ2n) is 3.46. The van der Waals surface area contributed by atoms with Crippen LogP contribution in [0.5, 0.6) is 0 Å². The fourth-order valence-corrected chi connectivity index (χ4v) is 1.43. The highest BCUT2D eigenvalue weighted by Crippen LogP contribution is 2.22. The average Bonchev–Trinajstić information content (AvgIpc) is 2.15. The van der Waals surface area contributed by atoms with E-state index < -0.39 is 0 Å². The van der Waals surface area contributed by atoms with Crippen LogP contribution in [0.4, 0.5) is 10.2 Å². The van der Waals surface area contributed by atoms with Crippen LogP contribution in [0.2, 0.25) is 0 Å². The van der Waals surface area contributed by atoms with Crippen molar-refractivity contribution in [3.63, 3.8) is 0 Å². The summed E-state index contributed by atoms with van der Waals surface area (Å²) in [6.07, 6.45) is 0. The number of nitrogens with two attached hydrogens (primary N) is 1. The fraction of sp³-hybridized carbons (Fsp3) is 0.182. The second-order valence-corrected chi connectivity index (χ2v) is 3.46. The van der Waals surface area contributed by atoms with E-state index in [1.54, 1.807) is 13.0 Å². The van der Waals surface area contributed by atoms with Crippen LogP contribution in [0.3, 0.4) is 0 Å². The monoisotopic (exact) mass is 190 g/mol. The maximum atomic E-state index is 13.6. The van der Waals surface area contributed by atoms with Crippen LogP contribution in [0.15, 0.2) is 18.2 Å². The molecule has 0 fully saturated rings. The Morgan fingerprint density at radius 3 is 2.64 bits per heavy atom. The van der Waals surface area contributed by atoms with E-state index in [9.17, 15) is 4.39 Å². The van der Waals surface area contributed by atoms with Crippen LogP contribution in [0.25, 0.3) is 10.9 Å². The van der Waals surface area contributed by atoms with Crippen molar-refractivity contribution in [2.75, 3.05) is 5.73 Å². The number of hydrogen-bond donors (Lipinski definition) is 1. The molecule has 14 heavy (non-hydrogen) atoms. The lowest BCUT2D eigenvalue weighted by atomic mass is 10.1. The Morgan fingerprint density at radius 1 is 1.21 bits per heavy atom. The molecule has 0 atom stereocenters. The molecule has 0 saturated heterocycles. The number of fused-ring (bicyclic) bond motifs is 1. The molecule has 1 heterocycles. The molecule has 0 saturated carbocycles. The fourth-order valence-electron chi connectivity index (χ4n) is 1.43. The Morgan fingerprint density at radius 2 is 1.93 bits per heavy atom. The first kappa shape index (κ1) is 8.94. The van der Waals surface area contributed by atoms with Crippen molar-refractivity contribution < 1.29 is 4.39 Å². The molecule has 72 valence electrons. The van der Waals surface area contributed by atoms with Gasteiger partial charge in [-0.05, 0) is 31.0 Å². The number of aromatic nitrogens is 1. The molecule has 2 N–H and O–H groups in total. The zero-order valence-corrected chi connectivity index (χ0v) is 8.13. The highest BCUT2D eigenvalue weighted by molar-refractivity contribution is 5.82. The van der Waals surface area contributed by atoms with Crippen molar-refractivity contribution in [2.24, 2.45) is 0 Å². The van der Waals surface area contributed by atoms with Gasteiger partial charge in [0, 0.05) is 5.39 Å². The quantitative estimate of drug-likeness (QED) is 0.693. The van der Waals surface area contributed by atoms with E-state index in [1.165, 1.54) is 0 Å². The maximum absolute atomic E-state index is 13.6. The molecule has 0 radical (unpaired) electrons. The molecular formula is C11H11FN2. The highest BCUT2D eigenvalue weighted by Gasteiger charge is 2.07. The Kier molecular flexibility index (Phi) is 1.88. The van der Waals surface area contributed by atoms with E-state index in [4.69, 9.17) is 5.73 Å². The zero-order chi connectivity index (χ0) is 10.3. The Hall–Kier alpha value is -1.64. The van der Waals surface area contributed by atoms with Crippen LogP contribution in [-0.4, -0.2) is 4.98 Å². The number of pyridine rings is 1. The molecule has 0 unspecified atom stereocenters. The van der Waals surface area contributed by atoms with Crippen LogP contribution in [-0.2, 0) is 0 Å². The molecule has 1 aromatic heterocycles. The molecule has 2 aromatic rings. The lowest BCUT2D eigenvalue weighted by molar-refractivity contribution is 0.628. The summed E-state index contributed by atoms with van der Waals surface area (Å²) in [4.78, 5) is 4.04. The van der Waals surface area contributed by atoms with Gasteiger partial charge in [-0.2, -0.15) is 0 Å². The van der Waals surface area contributed by atoms with Crippen molar-refractivity contribution in [1.82, 2.24) is 4.98 Å². The summed E-state index contributed by atoms with van der Waals surface area (Å²) in [5.41, 5.74) is 7.45. The van der Waals surface area contributed by atoms with E-state index in [0.717, 1.165) is 10.9 Å². The van der Waals surface area contributed by atoms with E-state index in [2.05, 4.69) is 4.98 Å². The summed E-state index contributed by atoms with van der Waals surface area (Å²) >= 11 is 0. The van der Waals surface area contributed by atoms with Gasteiger partial charge in [0.15, 0.2) is 5.82 Å². The zero-order valence-electron chi connectivity index (χ0n) is 8.13. The number of hydrogen-bond acceptors (Lipinski definition) is 2. The van der Waals surface area contributed by atoms with Crippen LogP contribution in [0, 0.1) is 19.7 Å². The van der Waals surface area contributed by atoms with Crippen molar-refractivity contribution in [1.29, 1.82) is 0 Å².